The van der Waals surface area contributed by atoms with Crippen LogP contribution in [0.25, 0.3) is 17.4 Å². The maximum absolute atomic E-state index is 12.5. The van der Waals surface area contributed by atoms with Gasteiger partial charge in [-0.05, 0) is 36.4 Å². The maximum atomic E-state index is 12.5. The molecule has 1 heterocycles. The molecular weight excluding hydrogens is 399 g/mol. The van der Waals surface area contributed by atoms with Crippen LogP contribution in [0.4, 0.5) is 5.69 Å². The van der Waals surface area contributed by atoms with Gasteiger partial charge in [-0.15, -0.1) is 0 Å². The summed E-state index contributed by atoms with van der Waals surface area (Å²) in [4.78, 5) is 12.5. The topological polar surface area (TPSA) is 75.3 Å². The van der Waals surface area contributed by atoms with Gasteiger partial charge in [0.1, 0.15) is 28.9 Å². The summed E-state index contributed by atoms with van der Waals surface area (Å²) in [5, 5.41) is 12.9. The van der Waals surface area contributed by atoms with E-state index in [1.807, 2.05) is 6.07 Å². The highest BCUT2D eigenvalue weighted by Gasteiger charge is 2.15. The third-order valence-electron chi connectivity index (χ3n) is 3.84. The van der Waals surface area contributed by atoms with Crippen LogP contribution in [0.3, 0.4) is 0 Å². The van der Waals surface area contributed by atoms with E-state index in [0.717, 1.165) is 0 Å². The monoisotopic (exact) mass is 412 g/mol. The molecule has 0 saturated heterocycles. The van der Waals surface area contributed by atoms with E-state index in [1.54, 1.807) is 54.6 Å². The number of nitriles is 1. The van der Waals surface area contributed by atoms with Gasteiger partial charge in [-0.2, -0.15) is 5.26 Å². The van der Waals surface area contributed by atoms with Crippen LogP contribution in [0.5, 0.6) is 5.75 Å². The number of nitrogens with zero attached hydrogens (tertiary/aromatic N) is 1. The van der Waals surface area contributed by atoms with E-state index in [9.17, 15) is 10.1 Å². The Bertz CT molecular complexity index is 1080. The molecule has 1 aromatic heterocycles. The number of amides is 1. The highest BCUT2D eigenvalue weighted by Crippen LogP contribution is 2.35. The van der Waals surface area contributed by atoms with Crippen LogP contribution in [0.15, 0.2) is 64.6 Å². The second kappa shape index (κ2) is 8.66. The molecule has 2 aromatic carbocycles. The Morgan fingerprint density at radius 3 is 2.50 bits per heavy atom. The van der Waals surface area contributed by atoms with Crippen LogP contribution in [0.1, 0.15) is 5.76 Å². The molecule has 5 nitrogen and oxygen atoms in total. The van der Waals surface area contributed by atoms with Crippen LogP contribution in [-0.4, -0.2) is 13.0 Å². The van der Waals surface area contributed by atoms with Gasteiger partial charge < -0.3 is 14.5 Å². The first-order chi connectivity index (χ1) is 13.5. The predicted octanol–water partition coefficient (Wildman–Crippen LogP) is 5.81. The number of nitrogens with one attached hydrogen (secondary N) is 1. The lowest BCUT2D eigenvalue weighted by atomic mass is 10.2. The van der Waals surface area contributed by atoms with Crippen LogP contribution >= 0.6 is 23.2 Å². The summed E-state index contributed by atoms with van der Waals surface area (Å²) in [5.74, 6) is 0.657. The van der Waals surface area contributed by atoms with Crippen molar-refractivity contribution < 1.29 is 13.9 Å². The van der Waals surface area contributed by atoms with Crippen molar-refractivity contribution in [2.45, 2.75) is 0 Å². The first-order valence-corrected chi connectivity index (χ1v) is 8.89. The summed E-state index contributed by atoms with van der Waals surface area (Å²) in [6.45, 7) is 0. The van der Waals surface area contributed by atoms with Gasteiger partial charge in [-0.25, -0.2) is 0 Å². The number of furan rings is 1. The van der Waals surface area contributed by atoms with Crippen molar-refractivity contribution in [1.82, 2.24) is 0 Å². The molecule has 0 fully saturated rings. The normalized spacial score (nSPS) is 11.0. The van der Waals surface area contributed by atoms with Crippen molar-refractivity contribution >= 4 is 40.9 Å². The van der Waals surface area contributed by atoms with Gasteiger partial charge in [-0.3, -0.25) is 4.79 Å². The fourth-order valence-electron chi connectivity index (χ4n) is 2.53. The Balaban J connectivity index is 1.87. The Morgan fingerprint density at radius 2 is 1.82 bits per heavy atom. The number of hydrogen-bond donors (Lipinski definition) is 1. The second-order valence-corrected chi connectivity index (χ2v) is 6.44. The standard InChI is InChI=1S/C21H14Cl2N2O3/c1-27-18-8-3-2-7-17(18)25-21(26)13(12-24)11-14-9-10-19(28-14)20-15(22)5-4-6-16(20)23/h2-11H,1H3,(H,25,26)/b13-11+. The van der Waals surface area contributed by atoms with Crippen molar-refractivity contribution in [3.8, 4) is 23.1 Å². The van der Waals surface area contributed by atoms with Crippen molar-refractivity contribution in [1.29, 1.82) is 5.26 Å². The zero-order valence-electron chi connectivity index (χ0n) is 14.7. The molecule has 3 rings (SSSR count). The third kappa shape index (κ3) is 4.20. The molecule has 0 bridgehead atoms. The summed E-state index contributed by atoms with van der Waals surface area (Å²) in [6, 6.07) is 17.2. The zero-order chi connectivity index (χ0) is 20.1. The zero-order valence-corrected chi connectivity index (χ0v) is 16.2. The van der Waals surface area contributed by atoms with E-state index in [4.69, 9.17) is 32.4 Å². The molecular formula is C21H14Cl2N2O3. The summed E-state index contributed by atoms with van der Waals surface area (Å²) >= 11 is 12.4. The smallest absolute Gasteiger partial charge is 0.266 e. The van der Waals surface area contributed by atoms with E-state index in [2.05, 4.69) is 5.32 Å². The fourth-order valence-corrected chi connectivity index (χ4v) is 3.11. The quantitative estimate of drug-likeness (QED) is 0.423. The van der Waals surface area contributed by atoms with E-state index in [-0.39, 0.29) is 5.57 Å². The van der Waals surface area contributed by atoms with Crippen molar-refractivity contribution in [3.63, 3.8) is 0 Å². The Kier molecular flexibility index (Phi) is 6.05. The molecule has 0 radical (unpaired) electrons. The van der Waals surface area contributed by atoms with Gasteiger partial charge in [0.15, 0.2) is 0 Å². The van der Waals surface area contributed by atoms with E-state index in [1.165, 1.54) is 13.2 Å². The van der Waals surface area contributed by atoms with Gasteiger partial charge in [0, 0.05) is 6.08 Å². The SMILES string of the molecule is COc1ccccc1NC(=O)/C(C#N)=C/c1ccc(-c2c(Cl)cccc2Cl)o1. The number of anilines is 1. The van der Waals surface area contributed by atoms with E-state index >= 15 is 0 Å². The van der Waals surface area contributed by atoms with Crippen molar-refractivity contribution in [3.05, 3.63) is 76.0 Å². The largest absolute Gasteiger partial charge is 0.495 e. The summed E-state index contributed by atoms with van der Waals surface area (Å²) < 4.78 is 10.9. The summed E-state index contributed by atoms with van der Waals surface area (Å²) in [7, 11) is 1.50. The molecule has 1 N–H and O–H groups in total. The number of carbonyl (C=O) groups is 1. The average molecular weight is 413 g/mol. The molecule has 0 spiro atoms. The predicted molar refractivity (Wildman–Crippen MR) is 109 cm³/mol. The van der Waals surface area contributed by atoms with E-state index in [0.29, 0.717) is 38.6 Å². The summed E-state index contributed by atoms with van der Waals surface area (Å²) in [6.07, 6.45) is 1.35. The average Bonchev–Trinajstić information content (AvgIpc) is 3.14. The molecule has 0 unspecified atom stereocenters. The fraction of sp³-hybridized carbons (Fsp3) is 0.0476. The molecule has 7 heteroatoms. The number of halogens is 2. The number of para-hydroxylation sites is 2. The van der Waals surface area contributed by atoms with Crippen molar-refractivity contribution in [2.75, 3.05) is 12.4 Å². The van der Waals surface area contributed by atoms with Crippen LogP contribution < -0.4 is 10.1 Å². The lowest BCUT2D eigenvalue weighted by molar-refractivity contribution is -0.112. The molecule has 140 valence electrons. The minimum Gasteiger partial charge on any atom is -0.495 e. The number of methoxy groups -OCH3 is 1. The van der Waals surface area contributed by atoms with Crippen LogP contribution in [0.2, 0.25) is 10.0 Å². The first kappa shape index (κ1) is 19.6. The molecule has 0 aliphatic rings. The van der Waals surface area contributed by atoms with Gasteiger partial charge in [0.05, 0.1) is 28.4 Å². The molecule has 0 saturated carbocycles. The minimum atomic E-state index is -0.583. The first-order valence-electron chi connectivity index (χ1n) is 8.14. The lowest BCUT2D eigenvalue weighted by Crippen LogP contribution is -2.14. The molecule has 0 aliphatic carbocycles. The highest BCUT2D eigenvalue weighted by molar-refractivity contribution is 6.39. The number of hydrogen-bond acceptors (Lipinski definition) is 4. The Hall–Kier alpha value is -3.20. The van der Waals surface area contributed by atoms with Crippen LogP contribution in [0, 0.1) is 11.3 Å². The molecule has 3 aromatic rings. The maximum Gasteiger partial charge on any atom is 0.266 e. The molecule has 0 atom stereocenters. The Morgan fingerprint density at radius 1 is 1.11 bits per heavy atom. The molecule has 1 amide bonds. The molecule has 28 heavy (non-hydrogen) atoms. The van der Waals surface area contributed by atoms with Gasteiger partial charge >= 0.3 is 0 Å². The number of benzene rings is 2. The molecule has 0 aliphatic heterocycles. The van der Waals surface area contributed by atoms with E-state index < -0.39 is 5.91 Å². The second-order valence-electron chi connectivity index (χ2n) is 5.62. The van der Waals surface area contributed by atoms with Crippen molar-refractivity contribution in [2.24, 2.45) is 0 Å². The number of ether oxygens (including phenoxy) is 1. The Labute approximate surface area is 171 Å². The van der Waals surface area contributed by atoms with Gasteiger partial charge in [0.25, 0.3) is 5.91 Å². The third-order valence-corrected chi connectivity index (χ3v) is 4.47. The van der Waals surface area contributed by atoms with Gasteiger partial charge in [-0.1, -0.05) is 41.4 Å². The van der Waals surface area contributed by atoms with Crippen LogP contribution in [-0.2, 0) is 4.79 Å². The van der Waals surface area contributed by atoms with Gasteiger partial charge in [0.2, 0.25) is 0 Å². The lowest BCUT2D eigenvalue weighted by Gasteiger charge is -2.08. The highest BCUT2D eigenvalue weighted by atomic mass is 35.5. The number of carbonyl (C=O) groups excluding carboxylic acids is 1. The number of rotatable bonds is 5. The minimum absolute atomic E-state index is 0.128. The summed E-state index contributed by atoms with van der Waals surface area (Å²) in [5.41, 5.74) is 0.874.